The van der Waals surface area contributed by atoms with Crippen LogP contribution in [-0.2, 0) is 4.79 Å². The van der Waals surface area contributed by atoms with Crippen LogP contribution in [0.25, 0.3) is 0 Å². The van der Waals surface area contributed by atoms with Crippen molar-refractivity contribution in [2.75, 3.05) is 0 Å². The third-order valence-electron chi connectivity index (χ3n) is 2.19. The summed E-state index contributed by atoms with van der Waals surface area (Å²) in [5.41, 5.74) is 6.79. The van der Waals surface area contributed by atoms with Crippen LogP contribution >= 0.6 is 0 Å². The van der Waals surface area contributed by atoms with Gasteiger partial charge in [-0.15, -0.1) is 0 Å². The molecule has 4 heteroatoms. The molecule has 2 atom stereocenters. The number of benzene rings is 1. The van der Waals surface area contributed by atoms with Gasteiger partial charge in [0.2, 0.25) is 0 Å². The second kappa shape index (κ2) is 5.48. The van der Waals surface area contributed by atoms with E-state index in [4.69, 9.17) is 5.11 Å². The Balaban J connectivity index is 2.43. The van der Waals surface area contributed by atoms with E-state index in [9.17, 15) is 4.79 Å². The highest BCUT2D eigenvalue weighted by atomic mass is 16.4. The Morgan fingerprint density at radius 3 is 2.33 bits per heavy atom. The van der Waals surface area contributed by atoms with Crippen molar-refractivity contribution in [2.24, 2.45) is 0 Å². The summed E-state index contributed by atoms with van der Waals surface area (Å²) in [7, 11) is 0. The average Bonchev–Trinajstić information content (AvgIpc) is 2.26. The van der Waals surface area contributed by atoms with Gasteiger partial charge in [-0.3, -0.25) is 4.79 Å². The third kappa shape index (κ3) is 3.69. The predicted molar refractivity (Wildman–Crippen MR) is 58.2 cm³/mol. The topological polar surface area (TPSA) is 61.4 Å². The second-order valence-electron chi connectivity index (χ2n) is 3.48. The fourth-order valence-corrected chi connectivity index (χ4v) is 1.14. The highest BCUT2D eigenvalue weighted by molar-refractivity contribution is 5.72. The summed E-state index contributed by atoms with van der Waals surface area (Å²) >= 11 is 0. The number of aliphatic carboxylic acids is 1. The summed E-state index contributed by atoms with van der Waals surface area (Å²) < 4.78 is 0. The molecular weight excluding hydrogens is 192 g/mol. The van der Waals surface area contributed by atoms with Crippen molar-refractivity contribution in [3.05, 3.63) is 35.9 Å². The smallest absolute Gasteiger partial charge is 0.321 e. The molecule has 0 aliphatic rings. The van der Waals surface area contributed by atoms with Crippen LogP contribution in [0.2, 0.25) is 0 Å². The molecule has 2 unspecified atom stereocenters. The maximum Gasteiger partial charge on any atom is 0.321 e. The molecule has 82 valence electrons. The van der Waals surface area contributed by atoms with Gasteiger partial charge in [0.15, 0.2) is 0 Å². The molecule has 0 bridgehead atoms. The first kappa shape index (κ1) is 11.7. The molecular formula is C11H16N2O2. The largest absolute Gasteiger partial charge is 0.480 e. The number of hydrogen-bond acceptors (Lipinski definition) is 3. The molecule has 0 saturated heterocycles. The first-order chi connectivity index (χ1) is 7.11. The zero-order valence-electron chi connectivity index (χ0n) is 8.90. The van der Waals surface area contributed by atoms with Gasteiger partial charge in [0.1, 0.15) is 6.04 Å². The monoisotopic (exact) mass is 208 g/mol. The zero-order chi connectivity index (χ0) is 11.3. The van der Waals surface area contributed by atoms with Crippen molar-refractivity contribution in [1.82, 2.24) is 10.9 Å². The minimum absolute atomic E-state index is 0.0769. The summed E-state index contributed by atoms with van der Waals surface area (Å²) in [6.45, 7) is 3.56. The van der Waals surface area contributed by atoms with Crippen LogP contribution in [0.15, 0.2) is 30.3 Å². The number of carboxylic acid groups (broad SMARTS) is 1. The molecule has 4 nitrogen and oxygen atoms in total. The van der Waals surface area contributed by atoms with Crippen LogP contribution in [0.3, 0.4) is 0 Å². The van der Waals surface area contributed by atoms with E-state index in [1.165, 1.54) is 0 Å². The summed E-state index contributed by atoms with van der Waals surface area (Å²) in [5.74, 6) is -0.872. The van der Waals surface area contributed by atoms with Gasteiger partial charge in [0, 0.05) is 6.04 Å². The molecule has 0 radical (unpaired) electrons. The third-order valence-corrected chi connectivity index (χ3v) is 2.19. The van der Waals surface area contributed by atoms with Crippen molar-refractivity contribution in [1.29, 1.82) is 0 Å². The summed E-state index contributed by atoms with van der Waals surface area (Å²) in [6.07, 6.45) is 0. The number of nitrogens with one attached hydrogen (secondary N) is 2. The lowest BCUT2D eigenvalue weighted by Gasteiger charge is -2.17. The normalized spacial score (nSPS) is 14.5. The van der Waals surface area contributed by atoms with E-state index in [1.54, 1.807) is 6.92 Å². The lowest BCUT2D eigenvalue weighted by Crippen LogP contribution is -2.44. The molecule has 0 spiro atoms. The Hall–Kier alpha value is -1.39. The highest BCUT2D eigenvalue weighted by Gasteiger charge is 2.11. The molecule has 1 aromatic rings. The van der Waals surface area contributed by atoms with Crippen molar-refractivity contribution >= 4 is 5.97 Å². The fourth-order valence-electron chi connectivity index (χ4n) is 1.14. The van der Waals surface area contributed by atoms with Gasteiger partial charge in [-0.1, -0.05) is 30.3 Å². The van der Waals surface area contributed by atoms with Crippen LogP contribution in [0.1, 0.15) is 25.5 Å². The highest BCUT2D eigenvalue weighted by Crippen LogP contribution is 2.09. The molecule has 1 rings (SSSR count). The Morgan fingerprint density at radius 2 is 1.80 bits per heavy atom. The summed E-state index contributed by atoms with van der Waals surface area (Å²) in [5, 5.41) is 8.66. The van der Waals surface area contributed by atoms with E-state index in [2.05, 4.69) is 10.9 Å². The Labute approximate surface area is 89.3 Å². The first-order valence-corrected chi connectivity index (χ1v) is 4.90. The molecule has 0 aromatic heterocycles. The van der Waals surface area contributed by atoms with Crippen LogP contribution in [0, 0.1) is 0 Å². The maximum absolute atomic E-state index is 10.5. The lowest BCUT2D eigenvalue weighted by atomic mass is 10.1. The molecule has 0 heterocycles. The quantitative estimate of drug-likeness (QED) is 0.638. The van der Waals surface area contributed by atoms with Crippen molar-refractivity contribution in [3.8, 4) is 0 Å². The van der Waals surface area contributed by atoms with Gasteiger partial charge in [0.25, 0.3) is 0 Å². The number of hydrazine groups is 1. The van der Waals surface area contributed by atoms with E-state index in [0.717, 1.165) is 5.56 Å². The van der Waals surface area contributed by atoms with Crippen LogP contribution in [0.5, 0.6) is 0 Å². The molecule has 0 amide bonds. The SMILES string of the molecule is CC(NNC(C)c1ccccc1)C(=O)O. The summed E-state index contributed by atoms with van der Waals surface area (Å²) in [4.78, 5) is 10.5. The molecule has 1 aromatic carbocycles. The molecule has 15 heavy (non-hydrogen) atoms. The van der Waals surface area contributed by atoms with Crippen molar-refractivity contribution in [3.63, 3.8) is 0 Å². The fraction of sp³-hybridized carbons (Fsp3) is 0.364. The number of rotatable bonds is 5. The summed E-state index contributed by atoms with van der Waals surface area (Å²) in [6, 6.07) is 9.31. The van der Waals surface area contributed by atoms with Crippen LogP contribution in [0.4, 0.5) is 0 Å². The van der Waals surface area contributed by atoms with Crippen LogP contribution < -0.4 is 10.9 Å². The predicted octanol–water partition coefficient (Wildman–Crippen LogP) is 1.31. The van der Waals surface area contributed by atoms with Crippen molar-refractivity contribution < 1.29 is 9.90 Å². The van der Waals surface area contributed by atoms with Gasteiger partial charge >= 0.3 is 5.97 Å². The van der Waals surface area contributed by atoms with Gasteiger partial charge in [0.05, 0.1) is 0 Å². The standard InChI is InChI=1S/C11H16N2O2/c1-8(10-6-4-3-5-7-10)12-13-9(2)11(14)15/h3-9,12-13H,1-2H3,(H,14,15). The zero-order valence-corrected chi connectivity index (χ0v) is 8.90. The number of hydrogen-bond donors (Lipinski definition) is 3. The average molecular weight is 208 g/mol. The molecule has 3 N–H and O–H groups in total. The van der Waals surface area contributed by atoms with Gasteiger partial charge < -0.3 is 5.11 Å². The van der Waals surface area contributed by atoms with Crippen LogP contribution in [-0.4, -0.2) is 17.1 Å². The molecule has 0 fully saturated rings. The number of carboxylic acids is 1. The van der Waals surface area contributed by atoms with Gasteiger partial charge in [-0.25, -0.2) is 10.9 Å². The van der Waals surface area contributed by atoms with E-state index in [0.29, 0.717) is 0 Å². The Bertz CT molecular complexity index is 314. The minimum atomic E-state index is -0.872. The van der Waals surface area contributed by atoms with E-state index in [1.807, 2.05) is 37.3 Å². The number of carbonyl (C=O) groups is 1. The van der Waals surface area contributed by atoms with E-state index < -0.39 is 12.0 Å². The molecule has 0 aliphatic carbocycles. The van der Waals surface area contributed by atoms with E-state index in [-0.39, 0.29) is 6.04 Å². The molecule has 0 saturated carbocycles. The minimum Gasteiger partial charge on any atom is -0.480 e. The Kier molecular flexibility index (Phi) is 4.27. The molecule has 0 aliphatic heterocycles. The van der Waals surface area contributed by atoms with Gasteiger partial charge in [-0.05, 0) is 19.4 Å². The van der Waals surface area contributed by atoms with E-state index >= 15 is 0 Å². The maximum atomic E-state index is 10.5. The lowest BCUT2D eigenvalue weighted by molar-refractivity contribution is -0.139. The Morgan fingerprint density at radius 1 is 1.20 bits per heavy atom. The van der Waals surface area contributed by atoms with Crippen molar-refractivity contribution in [2.45, 2.75) is 25.9 Å². The second-order valence-corrected chi connectivity index (χ2v) is 3.48. The first-order valence-electron chi connectivity index (χ1n) is 4.90. The van der Waals surface area contributed by atoms with Gasteiger partial charge in [-0.2, -0.15) is 0 Å².